The minimum Gasteiger partial charge on any atom is -0.494 e. The summed E-state index contributed by atoms with van der Waals surface area (Å²) in [6, 6.07) is 6.41. The van der Waals surface area contributed by atoms with Crippen LogP contribution in [-0.4, -0.2) is 23.9 Å². The number of fused-ring (bicyclic) bond motifs is 1. The fourth-order valence-corrected chi connectivity index (χ4v) is 3.31. The molecule has 24 heavy (non-hydrogen) atoms. The number of ether oxygens (including phenoxy) is 1. The number of rotatable bonds is 10. The quantitative estimate of drug-likeness (QED) is 0.495. The van der Waals surface area contributed by atoms with Crippen molar-refractivity contribution in [2.45, 2.75) is 70.3 Å². The molecule has 0 amide bonds. The standard InChI is InChI=1S/C21H33NO2/c1-3-4-5-6-7-13-24-19-11-12-20-17(14-19)9-8-10-18(20)15-21(2,22)16-23/h8,10-12,14,18,23H,3-7,9,13,15-16,22H2,1-2H3/t18-,21?/m0/s1. The highest BCUT2D eigenvalue weighted by Crippen LogP contribution is 2.34. The molecule has 2 atom stereocenters. The SMILES string of the molecule is CCCCCCCOc1ccc2c(c1)CC=C[C@H]2CC(C)(N)CO. The molecule has 1 aliphatic carbocycles. The van der Waals surface area contributed by atoms with Crippen LogP contribution >= 0.6 is 0 Å². The lowest BCUT2D eigenvalue weighted by Gasteiger charge is -2.29. The van der Waals surface area contributed by atoms with Gasteiger partial charge in [-0.05, 0) is 49.4 Å². The van der Waals surface area contributed by atoms with Gasteiger partial charge in [-0.1, -0.05) is 50.8 Å². The highest BCUT2D eigenvalue weighted by atomic mass is 16.5. The number of aliphatic hydroxyl groups excluding tert-OH is 1. The number of hydrogen-bond donors (Lipinski definition) is 2. The Morgan fingerprint density at radius 1 is 1.25 bits per heavy atom. The van der Waals surface area contributed by atoms with Gasteiger partial charge in [0.1, 0.15) is 5.75 Å². The number of hydrogen-bond acceptors (Lipinski definition) is 3. The Labute approximate surface area is 146 Å². The third kappa shape index (κ3) is 5.64. The van der Waals surface area contributed by atoms with Gasteiger partial charge in [0.05, 0.1) is 13.2 Å². The van der Waals surface area contributed by atoms with Gasteiger partial charge >= 0.3 is 0 Å². The van der Waals surface area contributed by atoms with Crippen molar-refractivity contribution in [3.8, 4) is 5.75 Å². The molecule has 0 saturated carbocycles. The van der Waals surface area contributed by atoms with Crippen LogP contribution in [0.4, 0.5) is 0 Å². The van der Waals surface area contributed by atoms with Crippen LogP contribution in [0.15, 0.2) is 30.4 Å². The van der Waals surface area contributed by atoms with E-state index >= 15 is 0 Å². The van der Waals surface area contributed by atoms with Crippen LogP contribution < -0.4 is 10.5 Å². The molecular weight excluding hydrogens is 298 g/mol. The number of unbranched alkanes of at least 4 members (excludes halogenated alkanes) is 4. The Morgan fingerprint density at radius 2 is 2.04 bits per heavy atom. The summed E-state index contributed by atoms with van der Waals surface area (Å²) in [5.74, 6) is 1.25. The average molecular weight is 332 g/mol. The predicted molar refractivity (Wildman–Crippen MR) is 101 cm³/mol. The zero-order valence-electron chi connectivity index (χ0n) is 15.3. The molecular formula is C21H33NO2. The van der Waals surface area contributed by atoms with E-state index in [4.69, 9.17) is 10.5 Å². The first-order valence-corrected chi connectivity index (χ1v) is 9.38. The Balaban J connectivity index is 1.91. The smallest absolute Gasteiger partial charge is 0.119 e. The fraction of sp³-hybridized carbons (Fsp3) is 0.619. The molecule has 1 aliphatic rings. The van der Waals surface area contributed by atoms with E-state index in [9.17, 15) is 5.11 Å². The van der Waals surface area contributed by atoms with Crippen molar-refractivity contribution in [1.29, 1.82) is 0 Å². The molecule has 0 heterocycles. The van der Waals surface area contributed by atoms with Gasteiger partial charge in [0, 0.05) is 11.5 Å². The molecule has 134 valence electrons. The first-order chi connectivity index (χ1) is 11.6. The van der Waals surface area contributed by atoms with Crippen molar-refractivity contribution in [1.82, 2.24) is 0 Å². The molecule has 1 aromatic carbocycles. The molecule has 1 unspecified atom stereocenters. The van der Waals surface area contributed by atoms with Gasteiger partial charge in [-0.3, -0.25) is 0 Å². The van der Waals surface area contributed by atoms with Crippen molar-refractivity contribution in [3.63, 3.8) is 0 Å². The lowest BCUT2D eigenvalue weighted by molar-refractivity contribution is 0.196. The van der Waals surface area contributed by atoms with Crippen LogP contribution in [0.2, 0.25) is 0 Å². The first kappa shape index (κ1) is 19.0. The molecule has 0 saturated heterocycles. The number of aliphatic hydroxyl groups is 1. The maximum atomic E-state index is 9.42. The Kier molecular flexibility index (Phi) is 7.32. The highest BCUT2D eigenvalue weighted by Gasteiger charge is 2.25. The third-order valence-corrected chi connectivity index (χ3v) is 4.78. The summed E-state index contributed by atoms with van der Waals surface area (Å²) in [5, 5.41) is 9.42. The van der Waals surface area contributed by atoms with Gasteiger partial charge in [-0.25, -0.2) is 0 Å². The van der Waals surface area contributed by atoms with Crippen LogP contribution in [0.1, 0.15) is 69.4 Å². The van der Waals surface area contributed by atoms with E-state index in [1.54, 1.807) is 0 Å². The average Bonchev–Trinajstić information content (AvgIpc) is 2.58. The lowest BCUT2D eigenvalue weighted by atomic mass is 9.80. The van der Waals surface area contributed by atoms with E-state index in [0.29, 0.717) is 0 Å². The van der Waals surface area contributed by atoms with Crippen molar-refractivity contribution >= 4 is 0 Å². The molecule has 0 aliphatic heterocycles. The second-order valence-corrected chi connectivity index (χ2v) is 7.38. The molecule has 0 spiro atoms. The molecule has 0 radical (unpaired) electrons. The molecule has 3 N–H and O–H groups in total. The van der Waals surface area contributed by atoms with Crippen molar-refractivity contribution < 1.29 is 9.84 Å². The maximum Gasteiger partial charge on any atom is 0.119 e. The zero-order valence-corrected chi connectivity index (χ0v) is 15.3. The minimum atomic E-state index is -0.544. The van der Waals surface area contributed by atoms with Gasteiger partial charge in [-0.2, -0.15) is 0 Å². The molecule has 0 aromatic heterocycles. The second kappa shape index (κ2) is 9.24. The molecule has 1 aromatic rings. The van der Waals surface area contributed by atoms with E-state index in [1.165, 1.54) is 36.8 Å². The third-order valence-electron chi connectivity index (χ3n) is 4.78. The summed E-state index contributed by atoms with van der Waals surface area (Å²) < 4.78 is 5.92. The zero-order chi connectivity index (χ0) is 17.4. The van der Waals surface area contributed by atoms with Crippen LogP contribution in [0, 0.1) is 0 Å². The largest absolute Gasteiger partial charge is 0.494 e. The molecule has 3 nitrogen and oxygen atoms in total. The van der Waals surface area contributed by atoms with Gasteiger partial charge in [0.15, 0.2) is 0 Å². The summed E-state index contributed by atoms with van der Waals surface area (Å²) >= 11 is 0. The Bertz CT molecular complexity index is 537. The molecule has 0 bridgehead atoms. The van der Waals surface area contributed by atoms with Gasteiger partial charge in [-0.15, -0.1) is 0 Å². The van der Waals surface area contributed by atoms with Gasteiger partial charge < -0.3 is 15.6 Å². The lowest BCUT2D eigenvalue weighted by Crippen LogP contribution is -2.41. The molecule has 3 heteroatoms. The summed E-state index contributed by atoms with van der Waals surface area (Å²) in [6.07, 6.45) is 12.4. The number of benzene rings is 1. The van der Waals surface area contributed by atoms with E-state index in [-0.39, 0.29) is 12.5 Å². The van der Waals surface area contributed by atoms with Crippen LogP contribution in [0.3, 0.4) is 0 Å². The second-order valence-electron chi connectivity index (χ2n) is 7.38. The number of nitrogens with two attached hydrogens (primary N) is 1. The number of allylic oxidation sites excluding steroid dienone is 2. The Morgan fingerprint density at radius 3 is 2.79 bits per heavy atom. The minimum absolute atomic E-state index is 0.00585. The summed E-state index contributed by atoms with van der Waals surface area (Å²) in [6.45, 7) is 4.95. The normalized spacial score (nSPS) is 18.9. The van der Waals surface area contributed by atoms with Crippen molar-refractivity contribution in [2.24, 2.45) is 5.73 Å². The van der Waals surface area contributed by atoms with E-state index in [0.717, 1.165) is 31.6 Å². The topological polar surface area (TPSA) is 55.5 Å². The van der Waals surface area contributed by atoms with E-state index in [2.05, 4.69) is 37.3 Å². The monoisotopic (exact) mass is 331 g/mol. The van der Waals surface area contributed by atoms with Crippen LogP contribution in [0.25, 0.3) is 0 Å². The van der Waals surface area contributed by atoms with E-state index < -0.39 is 5.54 Å². The summed E-state index contributed by atoms with van der Waals surface area (Å²) in [5.41, 5.74) is 8.23. The first-order valence-electron chi connectivity index (χ1n) is 9.38. The Hall–Kier alpha value is -1.32. The maximum absolute atomic E-state index is 9.42. The fourth-order valence-electron chi connectivity index (χ4n) is 3.31. The van der Waals surface area contributed by atoms with Crippen LogP contribution in [0.5, 0.6) is 5.75 Å². The van der Waals surface area contributed by atoms with E-state index in [1.807, 2.05) is 6.92 Å². The highest BCUT2D eigenvalue weighted by molar-refractivity contribution is 5.43. The molecule has 0 fully saturated rings. The van der Waals surface area contributed by atoms with Gasteiger partial charge in [0.25, 0.3) is 0 Å². The summed E-state index contributed by atoms with van der Waals surface area (Å²) in [7, 11) is 0. The van der Waals surface area contributed by atoms with Crippen molar-refractivity contribution in [3.05, 3.63) is 41.5 Å². The van der Waals surface area contributed by atoms with Crippen molar-refractivity contribution in [2.75, 3.05) is 13.2 Å². The summed E-state index contributed by atoms with van der Waals surface area (Å²) in [4.78, 5) is 0. The predicted octanol–water partition coefficient (Wildman–Crippen LogP) is 4.33. The van der Waals surface area contributed by atoms with Crippen LogP contribution in [-0.2, 0) is 6.42 Å². The van der Waals surface area contributed by atoms with Gasteiger partial charge in [0.2, 0.25) is 0 Å². The molecule has 2 rings (SSSR count).